The van der Waals surface area contributed by atoms with Crippen molar-refractivity contribution in [2.24, 2.45) is 0 Å². The van der Waals surface area contributed by atoms with E-state index in [-0.39, 0.29) is 6.61 Å². The molecule has 6 nitrogen and oxygen atoms in total. The molecule has 1 atom stereocenters. The van der Waals surface area contributed by atoms with E-state index in [2.05, 4.69) is 26.6 Å². The summed E-state index contributed by atoms with van der Waals surface area (Å²) in [5.41, 5.74) is 0.353. The van der Waals surface area contributed by atoms with Gasteiger partial charge in [0.25, 0.3) is 0 Å². The van der Waals surface area contributed by atoms with Crippen molar-refractivity contribution in [2.75, 3.05) is 26.3 Å². The highest BCUT2D eigenvalue weighted by molar-refractivity contribution is 6.42. The predicted octanol–water partition coefficient (Wildman–Crippen LogP) is 5.46. The van der Waals surface area contributed by atoms with Crippen molar-refractivity contribution >= 4 is 23.2 Å². The Kier molecular flexibility index (Phi) is 8.73. The van der Waals surface area contributed by atoms with Gasteiger partial charge in [-0.2, -0.15) is 0 Å². The summed E-state index contributed by atoms with van der Waals surface area (Å²) in [7, 11) is 0. The van der Waals surface area contributed by atoms with E-state index >= 15 is 0 Å². The maximum Gasteiger partial charge on any atom is 0.121 e. The van der Waals surface area contributed by atoms with Gasteiger partial charge in [-0.25, -0.2) is 4.98 Å². The predicted molar refractivity (Wildman–Crippen MR) is 135 cm³/mol. The van der Waals surface area contributed by atoms with Gasteiger partial charge in [0.05, 0.1) is 28.6 Å². The summed E-state index contributed by atoms with van der Waals surface area (Å²) in [6, 6.07) is 13.4. The SMILES string of the molecule is OC1(COc2ccc(Cl)c(Cl)c2)CCCN(Cc2cccc(OCCCn3ccnc3)c2)CC1. The minimum absolute atomic E-state index is 0.237. The maximum absolute atomic E-state index is 11.1. The number of hydrogen-bond acceptors (Lipinski definition) is 5. The van der Waals surface area contributed by atoms with E-state index in [0.717, 1.165) is 44.8 Å². The zero-order valence-corrected chi connectivity index (χ0v) is 20.7. The zero-order chi connectivity index (χ0) is 23.8. The van der Waals surface area contributed by atoms with E-state index in [0.29, 0.717) is 35.2 Å². The lowest BCUT2D eigenvalue weighted by molar-refractivity contribution is -0.0168. The largest absolute Gasteiger partial charge is 0.494 e. The number of halogens is 2. The van der Waals surface area contributed by atoms with Crippen LogP contribution in [0.2, 0.25) is 10.0 Å². The van der Waals surface area contributed by atoms with Gasteiger partial charge in [-0.3, -0.25) is 4.90 Å². The Morgan fingerprint density at radius 2 is 1.88 bits per heavy atom. The molecule has 4 rings (SSSR count). The fourth-order valence-electron chi connectivity index (χ4n) is 4.17. The van der Waals surface area contributed by atoms with Crippen LogP contribution < -0.4 is 9.47 Å². The topological polar surface area (TPSA) is 59.8 Å². The Hall–Kier alpha value is -2.25. The zero-order valence-electron chi connectivity index (χ0n) is 19.2. The quantitative estimate of drug-likeness (QED) is 0.372. The molecule has 0 bridgehead atoms. The van der Waals surface area contributed by atoms with Gasteiger partial charge >= 0.3 is 0 Å². The number of benzene rings is 2. The van der Waals surface area contributed by atoms with Crippen molar-refractivity contribution in [1.82, 2.24) is 14.5 Å². The van der Waals surface area contributed by atoms with Gasteiger partial charge in [-0.15, -0.1) is 0 Å². The summed E-state index contributed by atoms with van der Waals surface area (Å²) in [6.45, 7) is 4.36. The van der Waals surface area contributed by atoms with Crippen molar-refractivity contribution in [3.8, 4) is 11.5 Å². The molecule has 2 heterocycles. The van der Waals surface area contributed by atoms with Gasteiger partial charge in [0.2, 0.25) is 0 Å². The first-order valence-electron chi connectivity index (χ1n) is 11.7. The van der Waals surface area contributed by atoms with Crippen LogP contribution >= 0.6 is 23.2 Å². The summed E-state index contributed by atoms with van der Waals surface area (Å²) in [5.74, 6) is 1.51. The Bertz CT molecular complexity index is 1050. The lowest BCUT2D eigenvalue weighted by atomic mass is 9.96. The molecule has 2 aromatic carbocycles. The fourth-order valence-corrected chi connectivity index (χ4v) is 4.46. The van der Waals surface area contributed by atoms with E-state index in [1.807, 2.05) is 24.7 Å². The third-order valence-corrected chi connectivity index (χ3v) is 6.84. The molecule has 0 aliphatic carbocycles. The molecule has 8 heteroatoms. The molecule has 34 heavy (non-hydrogen) atoms. The molecule has 1 N–H and O–H groups in total. The maximum atomic E-state index is 11.1. The normalized spacial score (nSPS) is 19.0. The Morgan fingerprint density at radius 3 is 2.71 bits per heavy atom. The first-order valence-corrected chi connectivity index (χ1v) is 12.4. The van der Waals surface area contributed by atoms with Gasteiger partial charge in [-0.05, 0) is 62.1 Å². The van der Waals surface area contributed by atoms with Crippen LogP contribution in [0.15, 0.2) is 61.2 Å². The van der Waals surface area contributed by atoms with Gasteiger partial charge in [0.15, 0.2) is 0 Å². The highest BCUT2D eigenvalue weighted by atomic mass is 35.5. The molecule has 1 unspecified atom stereocenters. The number of ether oxygens (including phenoxy) is 2. The lowest BCUT2D eigenvalue weighted by Gasteiger charge is -2.27. The minimum atomic E-state index is -0.860. The highest BCUT2D eigenvalue weighted by Gasteiger charge is 2.31. The third-order valence-electron chi connectivity index (χ3n) is 6.10. The van der Waals surface area contributed by atoms with Crippen molar-refractivity contribution in [3.63, 3.8) is 0 Å². The molecule has 0 radical (unpaired) electrons. The van der Waals surface area contributed by atoms with E-state index < -0.39 is 5.60 Å². The molecule has 1 aliphatic heterocycles. The highest BCUT2D eigenvalue weighted by Crippen LogP contribution is 2.29. The van der Waals surface area contributed by atoms with Crippen LogP contribution in [0.25, 0.3) is 0 Å². The summed E-state index contributed by atoms with van der Waals surface area (Å²) in [4.78, 5) is 6.44. The summed E-state index contributed by atoms with van der Waals surface area (Å²) < 4.78 is 13.9. The number of hydrogen-bond donors (Lipinski definition) is 1. The number of nitrogens with zero attached hydrogens (tertiary/aromatic N) is 3. The fraction of sp³-hybridized carbons (Fsp3) is 0.423. The molecule has 0 spiro atoms. The molecule has 0 saturated carbocycles. The summed E-state index contributed by atoms with van der Waals surface area (Å²) >= 11 is 12.0. The molecule has 1 aliphatic rings. The number of likely N-dealkylation sites (tertiary alicyclic amines) is 1. The van der Waals surface area contributed by atoms with Crippen molar-refractivity contribution in [3.05, 3.63) is 76.8 Å². The third kappa shape index (κ3) is 7.37. The number of rotatable bonds is 10. The minimum Gasteiger partial charge on any atom is -0.494 e. The van der Waals surface area contributed by atoms with Gasteiger partial charge in [0, 0.05) is 38.1 Å². The summed E-state index contributed by atoms with van der Waals surface area (Å²) in [5, 5.41) is 12.1. The first-order chi connectivity index (χ1) is 16.5. The molecular weight excluding hydrogens is 473 g/mol. The standard InChI is InChI=1S/C26H31Cl2N3O3/c27-24-7-6-23(17-25(24)28)34-19-26(32)8-2-11-30(13-9-26)18-21-4-1-5-22(16-21)33-15-3-12-31-14-10-29-20-31/h1,4-7,10,14,16-17,20,32H,2-3,8-9,11-13,15,18-19H2. The van der Waals surface area contributed by atoms with Crippen molar-refractivity contribution in [2.45, 2.75) is 44.4 Å². The van der Waals surface area contributed by atoms with Crippen LogP contribution in [-0.2, 0) is 13.1 Å². The van der Waals surface area contributed by atoms with Crippen molar-refractivity contribution in [1.29, 1.82) is 0 Å². The molecule has 0 amide bonds. The first kappa shape index (κ1) is 24.9. The molecule has 1 fully saturated rings. The van der Waals surface area contributed by atoms with Crippen LogP contribution in [-0.4, -0.2) is 51.5 Å². The van der Waals surface area contributed by atoms with Crippen LogP contribution in [0.1, 0.15) is 31.2 Å². The Balaban J connectivity index is 1.23. The average molecular weight is 504 g/mol. The van der Waals surface area contributed by atoms with E-state index in [9.17, 15) is 5.11 Å². The molecular formula is C26H31Cl2N3O3. The molecule has 1 saturated heterocycles. The molecule has 182 valence electrons. The molecule has 1 aromatic heterocycles. The van der Waals surface area contributed by atoms with E-state index in [1.165, 1.54) is 5.56 Å². The van der Waals surface area contributed by atoms with Crippen molar-refractivity contribution < 1.29 is 14.6 Å². The van der Waals surface area contributed by atoms with E-state index in [4.69, 9.17) is 32.7 Å². The lowest BCUT2D eigenvalue weighted by Crippen LogP contribution is -2.37. The van der Waals surface area contributed by atoms with Gasteiger partial charge in [0.1, 0.15) is 18.1 Å². The number of aliphatic hydroxyl groups is 1. The van der Waals surface area contributed by atoms with Crippen LogP contribution in [0.3, 0.4) is 0 Å². The second-order valence-corrected chi connectivity index (χ2v) is 9.68. The smallest absolute Gasteiger partial charge is 0.121 e. The van der Waals surface area contributed by atoms with Crippen LogP contribution in [0, 0.1) is 0 Å². The number of imidazole rings is 1. The Morgan fingerprint density at radius 1 is 1.00 bits per heavy atom. The van der Waals surface area contributed by atoms with E-state index in [1.54, 1.807) is 24.4 Å². The number of aromatic nitrogens is 2. The number of aryl methyl sites for hydroxylation is 1. The van der Waals surface area contributed by atoms with Crippen LogP contribution in [0.4, 0.5) is 0 Å². The van der Waals surface area contributed by atoms with Gasteiger partial charge < -0.3 is 19.1 Å². The van der Waals surface area contributed by atoms with Crippen LogP contribution in [0.5, 0.6) is 11.5 Å². The second-order valence-electron chi connectivity index (χ2n) is 8.87. The Labute approximate surface area is 211 Å². The second kappa shape index (κ2) is 11.9. The molecule has 3 aromatic rings. The van der Waals surface area contributed by atoms with Gasteiger partial charge in [-0.1, -0.05) is 35.3 Å². The summed E-state index contributed by atoms with van der Waals surface area (Å²) in [6.07, 6.45) is 8.76. The monoisotopic (exact) mass is 503 g/mol. The average Bonchev–Trinajstić information content (AvgIpc) is 3.28.